The number of pyridine rings is 1. The van der Waals surface area contributed by atoms with Crippen LogP contribution in [0.25, 0.3) is 5.57 Å². The molecule has 24 heavy (non-hydrogen) atoms. The molecule has 1 aliphatic heterocycles. The summed E-state index contributed by atoms with van der Waals surface area (Å²) in [6.45, 7) is 1.73. The summed E-state index contributed by atoms with van der Waals surface area (Å²) in [6, 6.07) is 9.34. The SMILES string of the molecule is C/C(=C1/NC(c2cccnc2Cl)OC1=O)c1ccc([N+](=O)[O-])cc1. The first kappa shape index (κ1) is 15.9. The number of ether oxygens (including phenoxy) is 1. The van der Waals surface area contributed by atoms with Crippen LogP contribution in [0.1, 0.15) is 24.3 Å². The van der Waals surface area contributed by atoms with E-state index >= 15 is 0 Å². The van der Waals surface area contributed by atoms with Crippen molar-refractivity contribution in [3.05, 3.63) is 74.7 Å². The number of hydrogen-bond donors (Lipinski definition) is 1. The summed E-state index contributed by atoms with van der Waals surface area (Å²) in [5.41, 5.74) is 2.13. The average Bonchev–Trinajstić information content (AvgIpc) is 2.96. The lowest BCUT2D eigenvalue weighted by atomic mass is 10.0. The second kappa shape index (κ2) is 6.29. The lowest BCUT2D eigenvalue weighted by Gasteiger charge is -2.11. The molecule has 0 saturated carbocycles. The molecule has 1 N–H and O–H groups in total. The van der Waals surface area contributed by atoms with Crippen LogP contribution in [0, 0.1) is 10.1 Å². The van der Waals surface area contributed by atoms with Crippen LogP contribution in [0.2, 0.25) is 5.15 Å². The molecular formula is C16H12ClN3O4. The highest BCUT2D eigenvalue weighted by Gasteiger charge is 2.32. The minimum absolute atomic E-state index is 0.0153. The number of aromatic nitrogens is 1. The molecule has 1 fully saturated rings. The van der Waals surface area contributed by atoms with Crippen LogP contribution < -0.4 is 5.32 Å². The third kappa shape index (κ3) is 2.93. The Labute approximate surface area is 142 Å². The Balaban J connectivity index is 1.90. The summed E-state index contributed by atoms with van der Waals surface area (Å²) >= 11 is 6.02. The summed E-state index contributed by atoms with van der Waals surface area (Å²) < 4.78 is 5.30. The molecule has 1 saturated heterocycles. The van der Waals surface area contributed by atoms with Crippen LogP contribution in [0.5, 0.6) is 0 Å². The molecule has 1 aromatic heterocycles. The number of allylic oxidation sites excluding steroid dienone is 1. The Hall–Kier alpha value is -2.93. The maximum Gasteiger partial charge on any atom is 0.356 e. The molecule has 122 valence electrons. The highest BCUT2D eigenvalue weighted by atomic mass is 35.5. The number of halogens is 1. The van der Waals surface area contributed by atoms with Gasteiger partial charge in [0.05, 0.1) is 10.5 Å². The van der Waals surface area contributed by atoms with Crippen molar-refractivity contribution in [2.45, 2.75) is 13.2 Å². The fourth-order valence-electron chi connectivity index (χ4n) is 2.36. The predicted molar refractivity (Wildman–Crippen MR) is 86.9 cm³/mol. The second-order valence-electron chi connectivity index (χ2n) is 5.12. The number of nitro benzene ring substituents is 1. The minimum Gasteiger partial charge on any atom is -0.433 e. The first-order valence-electron chi connectivity index (χ1n) is 7.01. The van der Waals surface area contributed by atoms with Gasteiger partial charge in [0.2, 0.25) is 6.23 Å². The third-order valence-electron chi connectivity index (χ3n) is 3.66. The summed E-state index contributed by atoms with van der Waals surface area (Å²) in [7, 11) is 0. The number of rotatable bonds is 3. The van der Waals surface area contributed by atoms with E-state index in [1.165, 1.54) is 12.1 Å². The first-order valence-corrected chi connectivity index (χ1v) is 7.39. The lowest BCUT2D eigenvalue weighted by Crippen LogP contribution is -2.14. The van der Waals surface area contributed by atoms with Crippen molar-refractivity contribution in [2.75, 3.05) is 0 Å². The largest absolute Gasteiger partial charge is 0.433 e. The van der Waals surface area contributed by atoms with E-state index in [2.05, 4.69) is 10.3 Å². The number of esters is 1. The van der Waals surface area contributed by atoms with Gasteiger partial charge in [-0.2, -0.15) is 0 Å². The topological polar surface area (TPSA) is 94.4 Å². The fraction of sp³-hybridized carbons (Fsp3) is 0.125. The van der Waals surface area contributed by atoms with Crippen LogP contribution in [-0.4, -0.2) is 15.9 Å². The maximum absolute atomic E-state index is 12.1. The highest BCUT2D eigenvalue weighted by Crippen LogP contribution is 2.31. The molecule has 3 rings (SSSR count). The average molecular weight is 346 g/mol. The summed E-state index contributed by atoms with van der Waals surface area (Å²) in [5.74, 6) is -0.518. The Morgan fingerprint density at radius 1 is 1.33 bits per heavy atom. The number of nitro groups is 1. The van der Waals surface area contributed by atoms with Crippen LogP contribution in [0.4, 0.5) is 5.69 Å². The van der Waals surface area contributed by atoms with Crippen molar-refractivity contribution in [1.82, 2.24) is 10.3 Å². The van der Waals surface area contributed by atoms with Crippen LogP contribution in [0.15, 0.2) is 48.3 Å². The van der Waals surface area contributed by atoms with Gasteiger partial charge in [-0.3, -0.25) is 10.1 Å². The van der Waals surface area contributed by atoms with E-state index in [1.807, 2.05) is 0 Å². The van der Waals surface area contributed by atoms with Crippen molar-refractivity contribution in [1.29, 1.82) is 0 Å². The fourth-order valence-corrected chi connectivity index (χ4v) is 2.58. The zero-order valence-electron chi connectivity index (χ0n) is 12.5. The zero-order valence-corrected chi connectivity index (χ0v) is 13.3. The molecule has 1 unspecified atom stereocenters. The monoisotopic (exact) mass is 345 g/mol. The highest BCUT2D eigenvalue weighted by molar-refractivity contribution is 6.30. The Kier molecular flexibility index (Phi) is 4.18. The van der Waals surface area contributed by atoms with Crippen molar-refractivity contribution in [3.8, 4) is 0 Å². The quantitative estimate of drug-likeness (QED) is 0.302. The molecule has 8 heteroatoms. The Morgan fingerprint density at radius 2 is 2.04 bits per heavy atom. The molecule has 0 aliphatic carbocycles. The predicted octanol–water partition coefficient (Wildman–Crippen LogP) is 3.22. The summed E-state index contributed by atoms with van der Waals surface area (Å²) in [6.07, 6.45) is 0.822. The van der Waals surface area contributed by atoms with Gasteiger partial charge in [0.25, 0.3) is 5.69 Å². The van der Waals surface area contributed by atoms with E-state index in [-0.39, 0.29) is 16.5 Å². The van der Waals surface area contributed by atoms with Gasteiger partial charge in [0, 0.05) is 18.3 Å². The molecule has 0 amide bonds. The van der Waals surface area contributed by atoms with Crippen molar-refractivity contribution in [2.24, 2.45) is 0 Å². The maximum atomic E-state index is 12.1. The van der Waals surface area contributed by atoms with E-state index in [1.54, 1.807) is 37.4 Å². The van der Waals surface area contributed by atoms with E-state index in [0.717, 1.165) is 0 Å². The molecule has 0 spiro atoms. The molecule has 2 heterocycles. The molecule has 7 nitrogen and oxygen atoms in total. The lowest BCUT2D eigenvalue weighted by molar-refractivity contribution is -0.384. The van der Waals surface area contributed by atoms with Crippen molar-refractivity contribution < 1.29 is 14.5 Å². The van der Waals surface area contributed by atoms with Crippen LogP contribution >= 0.6 is 11.6 Å². The van der Waals surface area contributed by atoms with Gasteiger partial charge >= 0.3 is 5.97 Å². The molecule has 0 bridgehead atoms. The van der Waals surface area contributed by atoms with Gasteiger partial charge in [-0.05, 0) is 42.3 Å². The zero-order chi connectivity index (χ0) is 17.3. The molecule has 2 aromatic rings. The third-order valence-corrected chi connectivity index (χ3v) is 3.98. The Morgan fingerprint density at radius 3 is 2.67 bits per heavy atom. The van der Waals surface area contributed by atoms with Gasteiger partial charge in [-0.1, -0.05) is 11.6 Å². The number of nitrogens with zero attached hydrogens (tertiary/aromatic N) is 2. The number of cyclic esters (lactones) is 1. The van der Waals surface area contributed by atoms with E-state index in [4.69, 9.17) is 16.3 Å². The smallest absolute Gasteiger partial charge is 0.356 e. The van der Waals surface area contributed by atoms with Crippen molar-refractivity contribution >= 4 is 28.8 Å². The minimum atomic E-state index is -0.721. The van der Waals surface area contributed by atoms with E-state index < -0.39 is 17.1 Å². The molecule has 1 aromatic carbocycles. The number of carbonyl (C=O) groups is 1. The number of nitrogens with one attached hydrogen (secondary N) is 1. The first-order chi connectivity index (χ1) is 11.5. The van der Waals surface area contributed by atoms with Crippen molar-refractivity contribution in [3.63, 3.8) is 0 Å². The van der Waals surface area contributed by atoms with Gasteiger partial charge in [0.15, 0.2) is 0 Å². The summed E-state index contributed by atoms with van der Waals surface area (Å²) in [5, 5.41) is 13.9. The number of hydrogen-bond acceptors (Lipinski definition) is 6. The van der Waals surface area contributed by atoms with Gasteiger partial charge in [-0.25, -0.2) is 9.78 Å². The number of carbonyl (C=O) groups excluding carboxylic acids is 1. The summed E-state index contributed by atoms with van der Waals surface area (Å²) in [4.78, 5) is 26.3. The normalized spacial score (nSPS) is 18.8. The standard InChI is InChI=1S/C16H12ClN3O4/c1-9(10-4-6-11(7-5-10)20(22)23)13-16(21)24-15(19-13)12-3-2-8-18-14(12)17/h2-8,15,19H,1H3/b13-9-. The molecular weight excluding hydrogens is 334 g/mol. The van der Waals surface area contributed by atoms with Crippen LogP contribution in [0.3, 0.4) is 0 Å². The Bertz CT molecular complexity index is 849. The van der Waals surface area contributed by atoms with Crippen LogP contribution in [-0.2, 0) is 9.53 Å². The molecule has 0 radical (unpaired) electrons. The van der Waals surface area contributed by atoms with Gasteiger partial charge in [-0.15, -0.1) is 0 Å². The van der Waals surface area contributed by atoms with Gasteiger partial charge in [0.1, 0.15) is 10.9 Å². The molecule has 1 aliphatic rings. The van der Waals surface area contributed by atoms with E-state index in [0.29, 0.717) is 16.7 Å². The van der Waals surface area contributed by atoms with Gasteiger partial charge < -0.3 is 10.1 Å². The number of benzene rings is 1. The number of non-ortho nitro benzene ring substituents is 1. The van der Waals surface area contributed by atoms with E-state index in [9.17, 15) is 14.9 Å². The second-order valence-corrected chi connectivity index (χ2v) is 5.48. The molecule has 1 atom stereocenters.